The number of esters is 1. The quantitative estimate of drug-likeness (QED) is 0.553. The fourth-order valence-electron chi connectivity index (χ4n) is 1.47. The summed E-state index contributed by atoms with van der Waals surface area (Å²) in [5.41, 5.74) is -1.23. The van der Waals surface area contributed by atoms with Gasteiger partial charge in [0.05, 0.1) is 18.2 Å². The minimum Gasteiger partial charge on any atom is -0.497 e. The fourth-order valence-corrected chi connectivity index (χ4v) is 1.95. The zero-order valence-corrected chi connectivity index (χ0v) is 14.2. The van der Waals surface area contributed by atoms with Gasteiger partial charge in [-0.3, -0.25) is 9.59 Å². The third kappa shape index (κ3) is 4.46. The van der Waals surface area contributed by atoms with Crippen LogP contribution in [-0.4, -0.2) is 32.1 Å². The van der Waals surface area contributed by atoms with Gasteiger partial charge in [-0.15, -0.1) is 0 Å². The molecule has 0 unspecified atom stereocenters. The molecule has 0 fully saturated rings. The first-order valence-electron chi connectivity index (χ1n) is 6.49. The minimum atomic E-state index is -1.23. The summed E-state index contributed by atoms with van der Waals surface area (Å²) in [7, 11) is 1.56. The molecule has 116 valence electrons. The number of methoxy groups -OCH3 is 1. The number of Topliss-reactive ketones (excluding diaryl/α,β-unsaturated/α-hetero) is 1. The van der Waals surface area contributed by atoms with E-state index in [0.717, 1.165) is 0 Å². The number of carbonyl (C=O) groups is 2. The number of carbonyl (C=O) groups excluding carboxylic acids is 2. The summed E-state index contributed by atoms with van der Waals surface area (Å²) in [6.07, 6.45) is 0. The van der Waals surface area contributed by atoms with Crippen molar-refractivity contribution in [2.45, 2.75) is 20.8 Å². The van der Waals surface area contributed by atoms with Gasteiger partial charge < -0.3 is 14.2 Å². The molecule has 0 saturated carbocycles. The predicted octanol–water partition coefficient (Wildman–Crippen LogP) is 2.99. The maximum Gasteiger partial charge on any atom is 0.319 e. The van der Waals surface area contributed by atoms with Gasteiger partial charge in [-0.2, -0.15) is 0 Å². The highest BCUT2D eigenvalue weighted by Gasteiger charge is 2.37. The Hall–Kier alpha value is -1.56. The molecule has 0 heterocycles. The van der Waals surface area contributed by atoms with Gasteiger partial charge in [0.25, 0.3) is 0 Å². The number of hydrogen-bond donors (Lipinski definition) is 0. The summed E-state index contributed by atoms with van der Waals surface area (Å²) in [4.78, 5) is 23.9. The normalized spacial score (nSPS) is 10.9. The van der Waals surface area contributed by atoms with Crippen molar-refractivity contribution in [2.24, 2.45) is 5.41 Å². The van der Waals surface area contributed by atoms with Gasteiger partial charge in [-0.1, -0.05) is 0 Å². The predicted molar refractivity (Wildman–Crippen MR) is 81.6 cm³/mol. The van der Waals surface area contributed by atoms with Crippen molar-refractivity contribution in [3.8, 4) is 11.5 Å². The molecule has 5 nitrogen and oxygen atoms in total. The lowest BCUT2D eigenvalue weighted by molar-refractivity contribution is -0.158. The summed E-state index contributed by atoms with van der Waals surface area (Å²) < 4.78 is 16.1. The molecular weight excluding hydrogens is 340 g/mol. The van der Waals surface area contributed by atoms with E-state index in [1.165, 1.54) is 13.8 Å². The number of benzene rings is 1. The second-order valence-corrected chi connectivity index (χ2v) is 5.71. The Labute approximate surface area is 132 Å². The molecule has 6 heteroatoms. The Morgan fingerprint density at radius 1 is 1.29 bits per heavy atom. The maximum absolute atomic E-state index is 12.1. The van der Waals surface area contributed by atoms with Gasteiger partial charge in [0.2, 0.25) is 0 Å². The van der Waals surface area contributed by atoms with Crippen LogP contribution >= 0.6 is 15.9 Å². The Kier molecular flexibility index (Phi) is 6.20. The lowest BCUT2D eigenvalue weighted by atomic mass is 9.88. The van der Waals surface area contributed by atoms with Crippen molar-refractivity contribution in [3.63, 3.8) is 0 Å². The van der Waals surface area contributed by atoms with Crippen LogP contribution < -0.4 is 9.47 Å². The highest BCUT2D eigenvalue weighted by atomic mass is 79.9. The van der Waals surface area contributed by atoms with Gasteiger partial charge in [0.1, 0.15) is 23.5 Å². The van der Waals surface area contributed by atoms with Crippen LogP contribution in [0, 0.1) is 5.41 Å². The molecule has 0 saturated heterocycles. The number of rotatable bonds is 7. The van der Waals surface area contributed by atoms with Crippen molar-refractivity contribution in [3.05, 3.63) is 22.7 Å². The standard InChI is InChI=1S/C15H19BrO5/c1-5-20-14(18)15(2,3)13(17)9-21-12-7-6-10(19-4)8-11(12)16/h6-8H,5,9H2,1-4H3. The lowest BCUT2D eigenvalue weighted by Gasteiger charge is -2.21. The van der Waals surface area contributed by atoms with E-state index in [9.17, 15) is 9.59 Å². The highest BCUT2D eigenvalue weighted by molar-refractivity contribution is 9.10. The molecule has 0 atom stereocenters. The first kappa shape index (κ1) is 17.5. The average Bonchev–Trinajstić information content (AvgIpc) is 2.45. The molecule has 0 spiro atoms. The molecule has 1 aromatic carbocycles. The smallest absolute Gasteiger partial charge is 0.319 e. The largest absolute Gasteiger partial charge is 0.497 e. The number of halogens is 1. The molecule has 0 aromatic heterocycles. The molecule has 0 amide bonds. The SMILES string of the molecule is CCOC(=O)C(C)(C)C(=O)COc1ccc(OC)cc1Br. The van der Waals surface area contributed by atoms with E-state index >= 15 is 0 Å². The first-order chi connectivity index (χ1) is 9.82. The fraction of sp³-hybridized carbons (Fsp3) is 0.467. The van der Waals surface area contributed by atoms with Crippen molar-refractivity contribution < 1.29 is 23.8 Å². The van der Waals surface area contributed by atoms with Crippen molar-refractivity contribution in [2.75, 3.05) is 20.3 Å². The van der Waals surface area contributed by atoms with Crippen LogP contribution in [0.15, 0.2) is 22.7 Å². The molecule has 0 bridgehead atoms. The minimum absolute atomic E-state index is 0.212. The van der Waals surface area contributed by atoms with E-state index in [4.69, 9.17) is 14.2 Å². The van der Waals surface area contributed by atoms with E-state index in [0.29, 0.717) is 16.0 Å². The van der Waals surface area contributed by atoms with Gasteiger partial charge in [0, 0.05) is 0 Å². The maximum atomic E-state index is 12.1. The topological polar surface area (TPSA) is 61.8 Å². The third-order valence-corrected chi connectivity index (χ3v) is 3.60. The van der Waals surface area contributed by atoms with E-state index in [2.05, 4.69) is 15.9 Å². The molecule has 1 rings (SSSR count). The van der Waals surface area contributed by atoms with Crippen LogP contribution in [0.1, 0.15) is 20.8 Å². The Morgan fingerprint density at radius 3 is 2.48 bits per heavy atom. The van der Waals surface area contributed by atoms with Crippen LogP contribution in [0.3, 0.4) is 0 Å². The van der Waals surface area contributed by atoms with Crippen LogP contribution in [-0.2, 0) is 14.3 Å². The van der Waals surface area contributed by atoms with Crippen LogP contribution in [0.5, 0.6) is 11.5 Å². The first-order valence-corrected chi connectivity index (χ1v) is 7.29. The van der Waals surface area contributed by atoms with Gasteiger partial charge in [0.15, 0.2) is 5.78 Å². The third-order valence-electron chi connectivity index (χ3n) is 2.98. The zero-order chi connectivity index (χ0) is 16.0. The molecule has 21 heavy (non-hydrogen) atoms. The monoisotopic (exact) mass is 358 g/mol. The zero-order valence-electron chi connectivity index (χ0n) is 12.6. The van der Waals surface area contributed by atoms with Crippen molar-refractivity contribution in [1.82, 2.24) is 0 Å². The van der Waals surface area contributed by atoms with E-state index < -0.39 is 11.4 Å². The molecule has 1 aromatic rings. The average molecular weight is 359 g/mol. The van der Waals surface area contributed by atoms with Crippen LogP contribution in [0.2, 0.25) is 0 Å². The Morgan fingerprint density at radius 2 is 1.95 bits per heavy atom. The van der Waals surface area contributed by atoms with Gasteiger partial charge in [-0.25, -0.2) is 0 Å². The van der Waals surface area contributed by atoms with Crippen LogP contribution in [0.4, 0.5) is 0 Å². The lowest BCUT2D eigenvalue weighted by Crippen LogP contribution is -2.38. The number of ketones is 1. The summed E-state index contributed by atoms with van der Waals surface area (Å²) in [6, 6.07) is 5.14. The molecule has 0 N–H and O–H groups in total. The molecular formula is C15H19BrO5. The van der Waals surface area contributed by atoms with Gasteiger partial charge >= 0.3 is 5.97 Å². The molecule has 0 aliphatic rings. The Bertz CT molecular complexity index is 525. The highest BCUT2D eigenvalue weighted by Crippen LogP contribution is 2.29. The summed E-state index contributed by atoms with van der Waals surface area (Å²) in [5, 5.41) is 0. The second kappa shape index (κ2) is 7.45. The van der Waals surface area contributed by atoms with E-state index in [1.54, 1.807) is 32.2 Å². The molecule has 0 aliphatic heterocycles. The van der Waals surface area contributed by atoms with Crippen molar-refractivity contribution >= 4 is 27.7 Å². The summed E-state index contributed by atoms with van der Waals surface area (Å²) in [5.74, 6) is 0.285. The number of ether oxygens (including phenoxy) is 3. The number of hydrogen-bond acceptors (Lipinski definition) is 5. The van der Waals surface area contributed by atoms with E-state index in [-0.39, 0.29) is 19.0 Å². The Balaban J connectivity index is 2.70. The van der Waals surface area contributed by atoms with Crippen molar-refractivity contribution in [1.29, 1.82) is 0 Å². The summed E-state index contributed by atoms with van der Waals surface area (Å²) >= 11 is 3.33. The van der Waals surface area contributed by atoms with Crippen LogP contribution in [0.25, 0.3) is 0 Å². The molecule has 0 aliphatic carbocycles. The summed E-state index contributed by atoms with van der Waals surface area (Å²) in [6.45, 7) is 4.78. The van der Waals surface area contributed by atoms with Gasteiger partial charge in [-0.05, 0) is 54.9 Å². The molecule has 0 radical (unpaired) electrons. The second-order valence-electron chi connectivity index (χ2n) is 4.85. The van der Waals surface area contributed by atoms with E-state index in [1.807, 2.05) is 0 Å².